The van der Waals surface area contributed by atoms with Crippen LogP contribution in [-0.2, 0) is 13.1 Å². The van der Waals surface area contributed by atoms with E-state index in [1.165, 1.54) is 0 Å². The van der Waals surface area contributed by atoms with Gasteiger partial charge in [0.2, 0.25) is 5.82 Å². The lowest BCUT2D eigenvalue weighted by Gasteiger charge is -2.15. The number of halogens is 2. The maximum absolute atomic E-state index is 12.9. The lowest BCUT2D eigenvalue weighted by Crippen LogP contribution is -2.37. The van der Waals surface area contributed by atoms with Crippen molar-refractivity contribution in [2.24, 2.45) is 4.99 Å². The SMILES string of the molecule is CCNC(=NCc1cccc(OCC)c1OC(F)F)NCc1nc(-c2ccco2)n[nH]1. The van der Waals surface area contributed by atoms with Crippen LogP contribution in [0.25, 0.3) is 11.6 Å². The maximum atomic E-state index is 12.9. The second kappa shape index (κ2) is 11.0. The van der Waals surface area contributed by atoms with Crippen LogP contribution >= 0.6 is 0 Å². The van der Waals surface area contributed by atoms with Gasteiger partial charge < -0.3 is 24.5 Å². The number of rotatable bonds is 10. The molecule has 3 rings (SSSR count). The summed E-state index contributed by atoms with van der Waals surface area (Å²) >= 11 is 0. The van der Waals surface area contributed by atoms with Gasteiger partial charge in [-0.25, -0.2) is 9.98 Å². The molecular weight excluding hydrogens is 410 g/mol. The molecule has 0 atom stereocenters. The minimum Gasteiger partial charge on any atom is -0.490 e. The molecule has 166 valence electrons. The Balaban J connectivity index is 1.70. The molecule has 0 amide bonds. The molecule has 1 aromatic carbocycles. The number of H-pyrrole nitrogens is 1. The average molecular weight is 434 g/mol. The van der Waals surface area contributed by atoms with Crippen molar-refractivity contribution < 1.29 is 22.7 Å². The molecule has 0 spiro atoms. The molecule has 0 aliphatic carbocycles. The van der Waals surface area contributed by atoms with Crippen molar-refractivity contribution in [2.75, 3.05) is 13.2 Å². The average Bonchev–Trinajstić information content (AvgIpc) is 3.43. The Bertz CT molecular complexity index is 975. The number of aromatic amines is 1. The Hall–Kier alpha value is -3.63. The van der Waals surface area contributed by atoms with Crippen molar-refractivity contribution >= 4 is 5.96 Å². The van der Waals surface area contributed by atoms with E-state index in [0.29, 0.717) is 48.6 Å². The zero-order chi connectivity index (χ0) is 22.1. The van der Waals surface area contributed by atoms with Gasteiger partial charge in [-0.1, -0.05) is 12.1 Å². The van der Waals surface area contributed by atoms with Gasteiger partial charge in [-0.3, -0.25) is 5.10 Å². The highest BCUT2D eigenvalue weighted by Crippen LogP contribution is 2.33. The lowest BCUT2D eigenvalue weighted by molar-refractivity contribution is -0.0520. The summed E-state index contributed by atoms with van der Waals surface area (Å²) < 4.78 is 41.2. The van der Waals surface area contributed by atoms with E-state index in [-0.39, 0.29) is 18.0 Å². The second-order valence-electron chi connectivity index (χ2n) is 6.19. The number of hydrogen-bond donors (Lipinski definition) is 3. The number of furan rings is 1. The van der Waals surface area contributed by atoms with Crippen LogP contribution in [-0.4, -0.2) is 40.9 Å². The standard InChI is InChI=1S/C20H24F2N6O3/c1-3-23-20(25-12-16-26-18(28-27-16)15-9-6-10-30-15)24-11-13-7-5-8-14(29-4-2)17(13)31-19(21)22/h5-10,19H,3-4,11-12H2,1-2H3,(H2,23,24,25)(H,26,27,28). The van der Waals surface area contributed by atoms with E-state index in [4.69, 9.17) is 9.15 Å². The van der Waals surface area contributed by atoms with E-state index in [9.17, 15) is 8.78 Å². The Morgan fingerprint density at radius 3 is 2.81 bits per heavy atom. The van der Waals surface area contributed by atoms with Crippen molar-refractivity contribution in [1.82, 2.24) is 25.8 Å². The number of hydrogen-bond acceptors (Lipinski definition) is 6. The van der Waals surface area contributed by atoms with Gasteiger partial charge in [-0.2, -0.15) is 8.78 Å². The minimum absolute atomic E-state index is 0.0164. The smallest absolute Gasteiger partial charge is 0.387 e. The van der Waals surface area contributed by atoms with E-state index in [0.717, 1.165) is 0 Å². The first-order valence-electron chi connectivity index (χ1n) is 9.77. The molecule has 0 fully saturated rings. The van der Waals surface area contributed by atoms with Gasteiger partial charge in [-0.15, -0.1) is 5.10 Å². The minimum atomic E-state index is -2.97. The summed E-state index contributed by atoms with van der Waals surface area (Å²) in [5.41, 5.74) is 0.475. The second-order valence-corrected chi connectivity index (χ2v) is 6.19. The van der Waals surface area contributed by atoms with Crippen LogP contribution in [0.2, 0.25) is 0 Å². The van der Waals surface area contributed by atoms with Crippen LogP contribution < -0.4 is 20.1 Å². The van der Waals surface area contributed by atoms with Crippen LogP contribution in [0.5, 0.6) is 11.5 Å². The maximum Gasteiger partial charge on any atom is 0.387 e. The molecule has 2 aromatic heterocycles. The van der Waals surface area contributed by atoms with Crippen molar-refractivity contribution in [3.05, 3.63) is 48.0 Å². The predicted molar refractivity (Wildman–Crippen MR) is 110 cm³/mol. The van der Waals surface area contributed by atoms with Crippen LogP contribution in [0.15, 0.2) is 46.0 Å². The molecule has 0 unspecified atom stereocenters. The largest absolute Gasteiger partial charge is 0.490 e. The molecule has 11 heteroatoms. The number of ether oxygens (including phenoxy) is 2. The van der Waals surface area contributed by atoms with E-state index in [1.54, 1.807) is 43.5 Å². The summed E-state index contributed by atoms with van der Waals surface area (Å²) in [4.78, 5) is 8.81. The number of benzene rings is 1. The summed E-state index contributed by atoms with van der Waals surface area (Å²) in [5, 5.41) is 13.2. The Kier molecular flexibility index (Phi) is 7.79. The van der Waals surface area contributed by atoms with Crippen LogP contribution in [0.3, 0.4) is 0 Å². The normalized spacial score (nSPS) is 11.6. The number of para-hydroxylation sites is 1. The first kappa shape index (κ1) is 22.1. The number of aliphatic imine (C=N–C) groups is 1. The molecule has 0 radical (unpaired) electrons. The molecule has 2 heterocycles. The van der Waals surface area contributed by atoms with Gasteiger partial charge in [0.1, 0.15) is 5.82 Å². The Labute approximate surface area is 177 Å². The van der Waals surface area contributed by atoms with Gasteiger partial charge in [0.05, 0.1) is 26.0 Å². The van der Waals surface area contributed by atoms with E-state index < -0.39 is 6.61 Å². The fraction of sp³-hybridized carbons (Fsp3) is 0.350. The summed E-state index contributed by atoms with van der Waals surface area (Å²) in [6.45, 7) is 2.08. The van der Waals surface area contributed by atoms with Gasteiger partial charge in [-0.05, 0) is 32.0 Å². The summed E-state index contributed by atoms with van der Waals surface area (Å²) in [5.74, 6) is 2.30. The van der Waals surface area contributed by atoms with Crippen LogP contribution in [0.1, 0.15) is 25.2 Å². The summed E-state index contributed by atoms with van der Waals surface area (Å²) in [6.07, 6.45) is 1.55. The van der Waals surface area contributed by atoms with Crippen molar-refractivity contribution in [1.29, 1.82) is 0 Å². The monoisotopic (exact) mass is 434 g/mol. The van der Waals surface area contributed by atoms with Crippen LogP contribution in [0, 0.1) is 0 Å². The number of aromatic nitrogens is 3. The summed E-state index contributed by atoms with van der Waals surface area (Å²) in [6, 6.07) is 8.48. The molecule has 3 N–H and O–H groups in total. The highest BCUT2D eigenvalue weighted by atomic mass is 19.3. The number of alkyl halides is 2. The quantitative estimate of drug-likeness (QED) is 0.332. The molecule has 3 aromatic rings. The van der Waals surface area contributed by atoms with E-state index in [1.807, 2.05) is 6.92 Å². The van der Waals surface area contributed by atoms with Gasteiger partial charge in [0.25, 0.3) is 0 Å². The van der Waals surface area contributed by atoms with E-state index >= 15 is 0 Å². The first-order valence-corrected chi connectivity index (χ1v) is 9.77. The molecule has 0 bridgehead atoms. The fourth-order valence-corrected chi connectivity index (χ4v) is 2.74. The summed E-state index contributed by atoms with van der Waals surface area (Å²) in [7, 11) is 0. The van der Waals surface area contributed by atoms with Gasteiger partial charge in [0.15, 0.2) is 23.2 Å². The third kappa shape index (κ3) is 6.17. The first-order chi connectivity index (χ1) is 15.1. The van der Waals surface area contributed by atoms with Crippen molar-refractivity contribution in [3.63, 3.8) is 0 Å². The zero-order valence-electron chi connectivity index (χ0n) is 17.2. The predicted octanol–water partition coefficient (Wildman–Crippen LogP) is 3.32. The van der Waals surface area contributed by atoms with Crippen molar-refractivity contribution in [2.45, 2.75) is 33.5 Å². The molecular formula is C20H24F2N6O3. The highest BCUT2D eigenvalue weighted by Gasteiger charge is 2.16. The van der Waals surface area contributed by atoms with Gasteiger partial charge in [0, 0.05) is 12.1 Å². The Morgan fingerprint density at radius 1 is 1.23 bits per heavy atom. The van der Waals surface area contributed by atoms with Crippen molar-refractivity contribution in [3.8, 4) is 23.1 Å². The number of guanidine groups is 1. The topological polar surface area (TPSA) is 110 Å². The number of nitrogens with one attached hydrogen (secondary N) is 3. The lowest BCUT2D eigenvalue weighted by atomic mass is 10.2. The molecule has 0 saturated carbocycles. The zero-order valence-corrected chi connectivity index (χ0v) is 17.2. The number of nitrogens with zero attached hydrogens (tertiary/aromatic N) is 3. The highest BCUT2D eigenvalue weighted by molar-refractivity contribution is 5.79. The molecule has 31 heavy (non-hydrogen) atoms. The fourth-order valence-electron chi connectivity index (χ4n) is 2.74. The third-order valence-corrected chi connectivity index (χ3v) is 4.02. The molecule has 9 nitrogen and oxygen atoms in total. The Morgan fingerprint density at radius 2 is 2.10 bits per heavy atom. The third-order valence-electron chi connectivity index (χ3n) is 4.02. The molecule has 0 aliphatic rings. The molecule has 0 saturated heterocycles. The molecule has 0 aliphatic heterocycles. The van der Waals surface area contributed by atoms with E-state index in [2.05, 4.69) is 35.5 Å². The van der Waals surface area contributed by atoms with Crippen LogP contribution in [0.4, 0.5) is 8.78 Å². The van der Waals surface area contributed by atoms with Gasteiger partial charge >= 0.3 is 6.61 Å².